The summed E-state index contributed by atoms with van der Waals surface area (Å²) >= 11 is 0. The Labute approximate surface area is 157 Å². The van der Waals surface area contributed by atoms with Gasteiger partial charge in [0.1, 0.15) is 11.5 Å². The first-order valence-corrected chi connectivity index (χ1v) is 8.87. The average Bonchev–Trinajstić information content (AvgIpc) is 2.70. The Morgan fingerprint density at radius 3 is 2.33 bits per heavy atom. The largest absolute Gasteiger partial charge is 0.494 e. The third-order valence-electron chi connectivity index (χ3n) is 4.56. The Kier molecular flexibility index (Phi) is 6.27. The first-order chi connectivity index (χ1) is 13.1. The highest BCUT2D eigenvalue weighted by Gasteiger charge is 2.21. The standard InChI is InChI=1S/C21H21F2O4/c1-25-18-12-11-17(19(22)20(18)23)21(24)27-16-9-7-15(8-10-16)26-13-14-5-3-2-4-6-14/h2,7-12,14H,3-6,13H2,1H3. The van der Waals surface area contributed by atoms with Crippen LogP contribution in [0.25, 0.3) is 0 Å². The summed E-state index contributed by atoms with van der Waals surface area (Å²) in [6.45, 7) is 0.656. The van der Waals surface area contributed by atoms with E-state index in [9.17, 15) is 13.6 Å². The molecule has 0 amide bonds. The summed E-state index contributed by atoms with van der Waals surface area (Å²) in [4.78, 5) is 12.1. The van der Waals surface area contributed by atoms with Crippen molar-refractivity contribution in [3.8, 4) is 17.2 Å². The van der Waals surface area contributed by atoms with Gasteiger partial charge in [0.05, 0.1) is 19.3 Å². The van der Waals surface area contributed by atoms with Crippen LogP contribution >= 0.6 is 0 Å². The summed E-state index contributed by atoms with van der Waals surface area (Å²) < 4.78 is 43.3. The lowest BCUT2D eigenvalue weighted by molar-refractivity contribution is 0.0728. The van der Waals surface area contributed by atoms with Crippen molar-refractivity contribution >= 4 is 5.97 Å². The van der Waals surface area contributed by atoms with E-state index in [-0.39, 0.29) is 11.5 Å². The van der Waals surface area contributed by atoms with Crippen LogP contribution in [0.5, 0.6) is 17.2 Å². The summed E-state index contributed by atoms with van der Waals surface area (Å²) in [5.74, 6) is -2.34. The molecule has 2 aromatic carbocycles. The first-order valence-electron chi connectivity index (χ1n) is 8.87. The van der Waals surface area contributed by atoms with Crippen molar-refractivity contribution in [2.24, 2.45) is 5.92 Å². The third kappa shape index (κ3) is 4.76. The Morgan fingerprint density at radius 2 is 1.67 bits per heavy atom. The quantitative estimate of drug-likeness (QED) is 0.528. The molecule has 1 fully saturated rings. The number of ether oxygens (including phenoxy) is 3. The lowest BCUT2D eigenvalue weighted by Crippen LogP contribution is -2.15. The van der Waals surface area contributed by atoms with Crippen molar-refractivity contribution in [3.63, 3.8) is 0 Å². The van der Waals surface area contributed by atoms with E-state index in [0.29, 0.717) is 18.3 Å². The zero-order valence-electron chi connectivity index (χ0n) is 15.0. The van der Waals surface area contributed by atoms with Crippen LogP contribution in [-0.2, 0) is 0 Å². The van der Waals surface area contributed by atoms with Gasteiger partial charge in [-0.05, 0) is 74.4 Å². The van der Waals surface area contributed by atoms with E-state index in [2.05, 4.69) is 11.2 Å². The number of methoxy groups -OCH3 is 1. The van der Waals surface area contributed by atoms with Crippen molar-refractivity contribution in [3.05, 3.63) is 60.0 Å². The predicted octanol–water partition coefficient (Wildman–Crippen LogP) is 4.97. The molecule has 0 bridgehead atoms. The molecule has 1 saturated carbocycles. The zero-order chi connectivity index (χ0) is 19.2. The van der Waals surface area contributed by atoms with Crippen LogP contribution in [0.3, 0.4) is 0 Å². The monoisotopic (exact) mass is 375 g/mol. The SMILES string of the molecule is COc1ccc(C(=O)Oc2ccc(OCC3CC[CH]CC3)cc2)c(F)c1F. The number of hydrogen-bond acceptors (Lipinski definition) is 4. The van der Waals surface area contributed by atoms with Crippen LogP contribution in [0.15, 0.2) is 36.4 Å². The van der Waals surface area contributed by atoms with Crippen LogP contribution in [0.1, 0.15) is 36.0 Å². The molecule has 1 aliphatic carbocycles. The molecule has 0 aromatic heterocycles. The zero-order valence-corrected chi connectivity index (χ0v) is 15.0. The molecule has 0 aliphatic heterocycles. The van der Waals surface area contributed by atoms with Gasteiger partial charge < -0.3 is 14.2 Å². The molecule has 4 nitrogen and oxygen atoms in total. The maximum absolute atomic E-state index is 14.0. The minimum atomic E-state index is -1.30. The van der Waals surface area contributed by atoms with Crippen molar-refractivity contribution in [1.29, 1.82) is 0 Å². The molecule has 6 heteroatoms. The van der Waals surface area contributed by atoms with Gasteiger partial charge in [-0.2, -0.15) is 4.39 Å². The van der Waals surface area contributed by atoms with Crippen molar-refractivity contribution in [2.45, 2.75) is 25.7 Å². The van der Waals surface area contributed by atoms with Gasteiger partial charge in [0.15, 0.2) is 11.6 Å². The Hall–Kier alpha value is -2.63. The van der Waals surface area contributed by atoms with Crippen molar-refractivity contribution in [1.82, 2.24) is 0 Å². The van der Waals surface area contributed by atoms with Gasteiger partial charge in [-0.15, -0.1) is 0 Å². The summed E-state index contributed by atoms with van der Waals surface area (Å²) in [7, 11) is 1.21. The second-order valence-electron chi connectivity index (χ2n) is 6.42. The Balaban J connectivity index is 1.59. The highest BCUT2D eigenvalue weighted by molar-refractivity contribution is 5.91. The highest BCUT2D eigenvalue weighted by atomic mass is 19.2. The molecule has 0 saturated heterocycles. The van der Waals surface area contributed by atoms with Crippen LogP contribution in [0.2, 0.25) is 0 Å². The fourth-order valence-electron chi connectivity index (χ4n) is 2.99. The molecule has 0 heterocycles. The van der Waals surface area contributed by atoms with Gasteiger partial charge in [-0.3, -0.25) is 0 Å². The van der Waals surface area contributed by atoms with Crippen molar-refractivity contribution < 1.29 is 27.8 Å². The van der Waals surface area contributed by atoms with E-state index in [0.717, 1.165) is 31.7 Å². The van der Waals surface area contributed by atoms with E-state index in [1.807, 2.05) is 0 Å². The minimum Gasteiger partial charge on any atom is -0.494 e. The average molecular weight is 375 g/mol. The molecule has 3 rings (SSSR count). The lowest BCUT2D eigenvalue weighted by Gasteiger charge is -2.21. The number of esters is 1. The molecule has 0 N–H and O–H groups in total. The summed E-state index contributed by atoms with van der Waals surface area (Å²) in [5.41, 5.74) is -0.497. The van der Waals surface area contributed by atoms with Crippen LogP contribution in [-0.4, -0.2) is 19.7 Å². The lowest BCUT2D eigenvalue weighted by atomic mass is 9.90. The van der Waals surface area contributed by atoms with E-state index in [1.54, 1.807) is 24.3 Å². The molecule has 1 radical (unpaired) electrons. The van der Waals surface area contributed by atoms with Gasteiger partial charge in [-0.25, -0.2) is 9.18 Å². The van der Waals surface area contributed by atoms with Crippen molar-refractivity contribution in [2.75, 3.05) is 13.7 Å². The van der Waals surface area contributed by atoms with E-state index in [4.69, 9.17) is 9.47 Å². The van der Waals surface area contributed by atoms with Crippen LogP contribution in [0.4, 0.5) is 8.78 Å². The summed E-state index contributed by atoms with van der Waals surface area (Å²) in [5, 5.41) is 0. The molecule has 143 valence electrons. The molecule has 0 spiro atoms. The molecule has 1 aliphatic rings. The number of halogens is 2. The minimum absolute atomic E-state index is 0.218. The van der Waals surface area contributed by atoms with Crippen LogP contribution in [0, 0.1) is 24.0 Å². The van der Waals surface area contributed by atoms with Gasteiger partial charge in [0.2, 0.25) is 5.82 Å². The smallest absolute Gasteiger partial charge is 0.346 e. The maximum atomic E-state index is 14.0. The summed E-state index contributed by atoms with van der Waals surface area (Å²) in [6, 6.07) is 8.78. The van der Waals surface area contributed by atoms with Gasteiger partial charge in [-0.1, -0.05) is 0 Å². The number of carbonyl (C=O) groups is 1. The van der Waals surface area contributed by atoms with Gasteiger partial charge in [0, 0.05) is 0 Å². The van der Waals surface area contributed by atoms with Crippen LogP contribution < -0.4 is 14.2 Å². The van der Waals surface area contributed by atoms with E-state index >= 15 is 0 Å². The number of hydrogen-bond donors (Lipinski definition) is 0. The second kappa shape index (κ2) is 8.84. The summed E-state index contributed by atoms with van der Waals surface area (Å²) in [6.07, 6.45) is 6.84. The Morgan fingerprint density at radius 1 is 1.00 bits per heavy atom. The number of rotatable bonds is 6. The normalized spacial score (nSPS) is 14.6. The number of benzene rings is 2. The van der Waals surface area contributed by atoms with Gasteiger partial charge in [0.25, 0.3) is 0 Å². The highest BCUT2D eigenvalue weighted by Crippen LogP contribution is 2.26. The molecular formula is C21H21F2O4. The van der Waals surface area contributed by atoms with E-state index < -0.39 is 23.2 Å². The molecule has 2 aromatic rings. The molecule has 0 atom stereocenters. The molecule has 0 unspecified atom stereocenters. The van der Waals surface area contributed by atoms with Gasteiger partial charge >= 0.3 is 5.97 Å². The predicted molar refractivity (Wildman–Crippen MR) is 96.1 cm³/mol. The third-order valence-corrected chi connectivity index (χ3v) is 4.56. The van der Waals surface area contributed by atoms with E-state index in [1.165, 1.54) is 13.2 Å². The first kappa shape index (κ1) is 19.1. The second-order valence-corrected chi connectivity index (χ2v) is 6.42. The molecule has 27 heavy (non-hydrogen) atoms. The maximum Gasteiger partial charge on any atom is 0.346 e. The fraction of sp³-hybridized carbons (Fsp3) is 0.333. The number of carbonyl (C=O) groups excluding carboxylic acids is 1. The topological polar surface area (TPSA) is 44.8 Å². The molecular weight excluding hydrogens is 354 g/mol. The Bertz CT molecular complexity index is 784. The fourth-order valence-corrected chi connectivity index (χ4v) is 2.99.